The van der Waals surface area contributed by atoms with Gasteiger partial charge in [-0.25, -0.2) is 0 Å². The van der Waals surface area contributed by atoms with Crippen LogP contribution >= 0.6 is 0 Å². The molecule has 0 spiro atoms. The second-order valence-electron chi connectivity index (χ2n) is 6.24. The summed E-state index contributed by atoms with van der Waals surface area (Å²) < 4.78 is 0. The number of likely N-dealkylation sites (tertiary alicyclic amines) is 1. The van der Waals surface area contributed by atoms with Crippen LogP contribution in [0.4, 0.5) is 0 Å². The first-order valence-electron chi connectivity index (χ1n) is 6.43. The summed E-state index contributed by atoms with van der Waals surface area (Å²) in [6, 6.07) is 0.603. The molecule has 1 saturated heterocycles. The van der Waals surface area contributed by atoms with Crippen LogP contribution in [0.25, 0.3) is 0 Å². The Morgan fingerprint density at radius 3 is 2.19 bits per heavy atom. The molecule has 3 nitrogen and oxygen atoms in total. The zero-order chi connectivity index (χ0) is 12.3. The van der Waals surface area contributed by atoms with Gasteiger partial charge >= 0.3 is 0 Å². The molecule has 1 aliphatic rings. The minimum absolute atomic E-state index is 0.212. The predicted octanol–water partition coefficient (Wildman–Crippen LogP) is 1.24. The van der Waals surface area contributed by atoms with Crippen molar-refractivity contribution in [2.24, 2.45) is 17.1 Å². The summed E-state index contributed by atoms with van der Waals surface area (Å²) in [6.45, 7) is 7.83. The summed E-state index contributed by atoms with van der Waals surface area (Å²) in [5.41, 5.74) is 6.15. The van der Waals surface area contributed by atoms with Gasteiger partial charge in [0.15, 0.2) is 0 Å². The van der Waals surface area contributed by atoms with E-state index in [4.69, 9.17) is 5.73 Å². The molecular weight excluding hydrogens is 198 g/mol. The molecule has 1 aliphatic heterocycles. The molecule has 0 aliphatic carbocycles. The van der Waals surface area contributed by atoms with Crippen molar-refractivity contribution in [1.29, 1.82) is 0 Å². The Morgan fingerprint density at radius 2 is 1.81 bits per heavy atom. The molecular formula is C13H29N3. The number of rotatable bonds is 4. The lowest BCUT2D eigenvalue weighted by molar-refractivity contribution is 0.0512. The molecule has 0 amide bonds. The van der Waals surface area contributed by atoms with E-state index in [0.29, 0.717) is 6.04 Å². The van der Waals surface area contributed by atoms with Gasteiger partial charge in [0.25, 0.3) is 0 Å². The average molecular weight is 227 g/mol. The van der Waals surface area contributed by atoms with Crippen molar-refractivity contribution in [1.82, 2.24) is 9.80 Å². The van der Waals surface area contributed by atoms with Crippen LogP contribution in [0.15, 0.2) is 0 Å². The molecule has 16 heavy (non-hydrogen) atoms. The molecule has 0 bridgehead atoms. The van der Waals surface area contributed by atoms with Crippen molar-refractivity contribution in [2.75, 3.05) is 40.8 Å². The van der Waals surface area contributed by atoms with Crippen LogP contribution in [0.2, 0.25) is 0 Å². The maximum atomic E-state index is 5.94. The van der Waals surface area contributed by atoms with E-state index in [-0.39, 0.29) is 5.41 Å². The molecule has 0 saturated carbocycles. The lowest BCUT2D eigenvalue weighted by Gasteiger charge is -2.45. The van der Waals surface area contributed by atoms with Crippen molar-refractivity contribution < 1.29 is 0 Å². The number of nitrogens with two attached hydrogens (primary N) is 1. The molecule has 1 heterocycles. The Kier molecular flexibility index (Phi) is 4.77. The van der Waals surface area contributed by atoms with Gasteiger partial charge in [-0.15, -0.1) is 0 Å². The first-order valence-corrected chi connectivity index (χ1v) is 6.43. The van der Waals surface area contributed by atoms with E-state index in [1.54, 1.807) is 0 Å². The first kappa shape index (κ1) is 13.9. The van der Waals surface area contributed by atoms with Crippen molar-refractivity contribution >= 4 is 0 Å². The Bertz CT molecular complexity index is 205. The molecule has 1 atom stereocenters. The second kappa shape index (κ2) is 5.48. The number of piperidine rings is 1. The SMILES string of the molecule is CN1CCC(C(N(C)C)C(C)(C)CN)CC1. The van der Waals surface area contributed by atoms with E-state index in [1.807, 2.05) is 0 Å². The van der Waals surface area contributed by atoms with E-state index in [2.05, 4.69) is 44.8 Å². The molecule has 0 aromatic carbocycles. The van der Waals surface area contributed by atoms with Crippen LogP contribution < -0.4 is 5.73 Å². The maximum Gasteiger partial charge on any atom is 0.0181 e. The summed E-state index contributed by atoms with van der Waals surface area (Å²) >= 11 is 0. The fourth-order valence-corrected chi connectivity index (χ4v) is 3.22. The van der Waals surface area contributed by atoms with E-state index in [9.17, 15) is 0 Å². The third-order valence-corrected chi connectivity index (χ3v) is 4.09. The fraction of sp³-hybridized carbons (Fsp3) is 1.00. The Labute approximate surface area is 101 Å². The number of hydrogen-bond acceptors (Lipinski definition) is 3. The average Bonchev–Trinajstić information content (AvgIpc) is 2.20. The lowest BCUT2D eigenvalue weighted by atomic mass is 9.73. The highest BCUT2D eigenvalue weighted by Crippen LogP contribution is 2.33. The van der Waals surface area contributed by atoms with Crippen molar-refractivity contribution in [2.45, 2.75) is 32.7 Å². The van der Waals surface area contributed by atoms with E-state index in [1.165, 1.54) is 25.9 Å². The Hall–Kier alpha value is -0.120. The quantitative estimate of drug-likeness (QED) is 0.784. The van der Waals surface area contributed by atoms with Gasteiger partial charge < -0.3 is 15.5 Å². The van der Waals surface area contributed by atoms with E-state index >= 15 is 0 Å². The third-order valence-electron chi connectivity index (χ3n) is 4.09. The molecule has 0 aromatic rings. The zero-order valence-electron chi connectivity index (χ0n) is 11.7. The van der Waals surface area contributed by atoms with Crippen LogP contribution in [-0.4, -0.2) is 56.6 Å². The van der Waals surface area contributed by atoms with E-state index in [0.717, 1.165) is 12.5 Å². The van der Waals surface area contributed by atoms with Crippen LogP contribution in [0, 0.1) is 11.3 Å². The minimum Gasteiger partial charge on any atom is -0.330 e. The van der Waals surface area contributed by atoms with Crippen molar-refractivity contribution in [3.63, 3.8) is 0 Å². The van der Waals surface area contributed by atoms with Crippen molar-refractivity contribution in [3.05, 3.63) is 0 Å². The maximum absolute atomic E-state index is 5.94. The first-order chi connectivity index (χ1) is 7.38. The highest BCUT2D eigenvalue weighted by Gasteiger charge is 2.37. The van der Waals surface area contributed by atoms with Crippen LogP contribution in [0.3, 0.4) is 0 Å². The number of nitrogens with zero attached hydrogens (tertiary/aromatic N) is 2. The zero-order valence-corrected chi connectivity index (χ0v) is 11.7. The Balaban J connectivity index is 2.71. The highest BCUT2D eigenvalue weighted by atomic mass is 15.1. The summed E-state index contributed by atoms with van der Waals surface area (Å²) in [4.78, 5) is 4.81. The van der Waals surface area contributed by atoms with Crippen molar-refractivity contribution in [3.8, 4) is 0 Å². The Morgan fingerprint density at radius 1 is 1.31 bits per heavy atom. The standard InChI is InChI=1S/C13H29N3/c1-13(2,10-14)12(15(3)4)11-6-8-16(5)9-7-11/h11-12H,6-10,14H2,1-5H3. The van der Waals surface area contributed by atoms with Gasteiger partial charge in [-0.2, -0.15) is 0 Å². The summed E-state index contributed by atoms with van der Waals surface area (Å²) in [7, 11) is 6.61. The largest absolute Gasteiger partial charge is 0.330 e. The smallest absolute Gasteiger partial charge is 0.0181 e. The van der Waals surface area contributed by atoms with Crippen LogP contribution in [0.1, 0.15) is 26.7 Å². The van der Waals surface area contributed by atoms with Gasteiger partial charge in [0.05, 0.1) is 0 Å². The topological polar surface area (TPSA) is 32.5 Å². The molecule has 0 aromatic heterocycles. The molecule has 0 radical (unpaired) electrons. The fourth-order valence-electron chi connectivity index (χ4n) is 3.22. The molecule has 2 N–H and O–H groups in total. The summed E-state index contributed by atoms with van der Waals surface area (Å²) in [6.07, 6.45) is 2.62. The highest BCUT2D eigenvalue weighted by molar-refractivity contribution is 4.91. The monoisotopic (exact) mass is 227 g/mol. The molecule has 96 valence electrons. The molecule has 1 unspecified atom stereocenters. The number of hydrogen-bond donors (Lipinski definition) is 1. The van der Waals surface area contributed by atoms with Gasteiger partial charge in [-0.1, -0.05) is 13.8 Å². The van der Waals surface area contributed by atoms with Gasteiger partial charge in [-0.05, 0) is 65.0 Å². The molecule has 1 rings (SSSR count). The van der Waals surface area contributed by atoms with Gasteiger partial charge in [-0.3, -0.25) is 0 Å². The summed E-state index contributed by atoms with van der Waals surface area (Å²) in [5.74, 6) is 0.796. The normalized spacial score (nSPS) is 22.7. The van der Waals surface area contributed by atoms with Crippen LogP contribution in [0.5, 0.6) is 0 Å². The van der Waals surface area contributed by atoms with E-state index < -0.39 is 0 Å². The predicted molar refractivity (Wildman–Crippen MR) is 70.5 cm³/mol. The minimum atomic E-state index is 0.212. The third kappa shape index (κ3) is 3.19. The van der Waals surface area contributed by atoms with Gasteiger partial charge in [0.1, 0.15) is 0 Å². The van der Waals surface area contributed by atoms with Crippen LogP contribution in [-0.2, 0) is 0 Å². The van der Waals surface area contributed by atoms with Gasteiger partial charge in [0, 0.05) is 6.04 Å². The van der Waals surface area contributed by atoms with Gasteiger partial charge in [0.2, 0.25) is 0 Å². The molecule has 1 fully saturated rings. The summed E-state index contributed by atoms with van der Waals surface area (Å²) in [5, 5.41) is 0. The lowest BCUT2D eigenvalue weighted by Crippen LogP contribution is -2.52. The second-order valence-corrected chi connectivity index (χ2v) is 6.24. The molecule has 3 heteroatoms.